The van der Waals surface area contributed by atoms with E-state index in [0.29, 0.717) is 5.56 Å². The SMILES string of the molecule is CC(C)C(Br)C(=O)OC(C#N)c1cccc(Cc2ccccc2)c1. The third-order valence-corrected chi connectivity index (χ3v) is 5.10. The number of esters is 1. The Bertz CT molecular complexity index is 722. The lowest BCUT2D eigenvalue weighted by atomic mass is 10.0. The molecule has 2 rings (SSSR count). The molecular formula is C20H20BrNO2. The highest BCUT2D eigenvalue weighted by Crippen LogP contribution is 2.23. The normalized spacial score (nSPS) is 13.1. The highest BCUT2D eigenvalue weighted by molar-refractivity contribution is 9.10. The van der Waals surface area contributed by atoms with Crippen LogP contribution in [-0.2, 0) is 16.0 Å². The monoisotopic (exact) mass is 385 g/mol. The summed E-state index contributed by atoms with van der Waals surface area (Å²) in [5.74, 6) is -0.314. The van der Waals surface area contributed by atoms with Gasteiger partial charge in [-0.15, -0.1) is 0 Å². The largest absolute Gasteiger partial charge is 0.441 e. The average Bonchev–Trinajstić information content (AvgIpc) is 2.59. The van der Waals surface area contributed by atoms with E-state index in [-0.39, 0.29) is 5.92 Å². The minimum Gasteiger partial charge on any atom is -0.441 e. The molecule has 0 fully saturated rings. The van der Waals surface area contributed by atoms with Gasteiger partial charge in [-0.05, 0) is 23.5 Å². The molecule has 0 aliphatic carbocycles. The van der Waals surface area contributed by atoms with Gasteiger partial charge in [0.2, 0.25) is 6.10 Å². The molecule has 0 aliphatic rings. The Kier molecular flexibility index (Phi) is 6.57. The highest BCUT2D eigenvalue weighted by Gasteiger charge is 2.24. The van der Waals surface area contributed by atoms with Crippen molar-refractivity contribution >= 4 is 21.9 Å². The van der Waals surface area contributed by atoms with Gasteiger partial charge in [0, 0.05) is 5.56 Å². The van der Waals surface area contributed by atoms with Crippen molar-refractivity contribution in [2.45, 2.75) is 31.2 Å². The standard InChI is InChI=1S/C20H20BrNO2/c1-14(2)19(21)20(23)24-18(13-22)17-10-6-9-16(12-17)11-15-7-4-3-5-8-15/h3-10,12,14,18-19H,11H2,1-2H3. The first kappa shape index (κ1) is 18.2. The van der Waals surface area contributed by atoms with Crippen LogP contribution >= 0.6 is 15.9 Å². The van der Waals surface area contributed by atoms with Gasteiger partial charge in [-0.1, -0.05) is 84.4 Å². The van der Waals surface area contributed by atoms with Gasteiger partial charge in [0.15, 0.2) is 0 Å². The van der Waals surface area contributed by atoms with Crippen molar-refractivity contribution in [2.75, 3.05) is 0 Å². The van der Waals surface area contributed by atoms with E-state index in [1.54, 1.807) is 0 Å². The van der Waals surface area contributed by atoms with Crippen molar-refractivity contribution in [1.82, 2.24) is 0 Å². The van der Waals surface area contributed by atoms with E-state index in [9.17, 15) is 10.1 Å². The van der Waals surface area contributed by atoms with E-state index in [0.717, 1.165) is 12.0 Å². The third kappa shape index (κ3) is 4.94. The number of nitriles is 1. The molecule has 4 heteroatoms. The minimum absolute atomic E-state index is 0.0984. The van der Waals surface area contributed by atoms with Crippen LogP contribution in [0.3, 0.4) is 0 Å². The van der Waals surface area contributed by atoms with E-state index in [1.165, 1.54) is 5.56 Å². The molecule has 0 bridgehead atoms. The van der Waals surface area contributed by atoms with E-state index in [1.807, 2.05) is 56.3 Å². The fourth-order valence-corrected chi connectivity index (χ4v) is 2.43. The van der Waals surface area contributed by atoms with Crippen LogP contribution in [0.4, 0.5) is 0 Å². The van der Waals surface area contributed by atoms with Crippen molar-refractivity contribution in [3.8, 4) is 6.07 Å². The van der Waals surface area contributed by atoms with Gasteiger partial charge in [-0.25, -0.2) is 0 Å². The van der Waals surface area contributed by atoms with Crippen LogP contribution in [0.2, 0.25) is 0 Å². The van der Waals surface area contributed by atoms with Crippen LogP contribution in [-0.4, -0.2) is 10.8 Å². The Morgan fingerprint density at radius 2 is 1.79 bits per heavy atom. The summed E-state index contributed by atoms with van der Waals surface area (Å²) in [7, 11) is 0. The zero-order valence-corrected chi connectivity index (χ0v) is 15.4. The van der Waals surface area contributed by atoms with Gasteiger partial charge in [0.25, 0.3) is 0 Å². The molecule has 0 heterocycles. The molecule has 2 aromatic carbocycles. The molecule has 2 atom stereocenters. The van der Waals surface area contributed by atoms with Crippen molar-refractivity contribution in [2.24, 2.45) is 5.92 Å². The maximum Gasteiger partial charge on any atom is 0.321 e. The first-order valence-corrected chi connectivity index (χ1v) is 8.79. The number of nitrogens with zero attached hydrogens (tertiary/aromatic N) is 1. The van der Waals surface area contributed by atoms with Crippen LogP contribution in [0.5, 0.6) is 0 Å². The average molecular weight is 386 g/mol. The first-order valence-electron chi connectivity index (χ1n) is 7.88. The van der Waals surface area contributed by atoms with Gasteiger partial charge in [0.05, 0.1) is 0 Å². The molecular weight excluding hydrogens is 366 g/mol. The molecule has 0 spiro atoms. The molecule has 0 amide bonds. The number of hydrogen-bond acceptors (Lipinski definition) is 3. The molecule has 0 radical (unpaired) electrons. The summed E-state index contributed by atoms with van der Waals surface area (Å²) in [6.07, 6.45) is -0.125. The number of carbonyl (C=O) groups excluding carboxylic acids is 1. The van der Waals surface area contributed by atoms with Crippen LogP contribution in [0.15, 0.2) is 54.6 Å². The van der Waals surface area contributed by atoms with E-state index in [2.05, 4.69) is 34.1 Å². The number of benzene rings is 2. The predicted molar refractivity (Wildman–Crippen MR) is 97.7 cm³/mol. The van der Waals surface area contributed by atoms with E-state index >= 15 is 0 Å². The number of hydrogen-bond donors (Lipinski definition) is 0. The lowest BCUT2D eigenvalue weighted by molar-refractivity contribution is -0.146. The molecule has 0 aromatic heterocycles. The molecule has 0 aliphatic heterocycles. The quantitative estimate of drug-likeness (QED) is 0.529. The van der Waals surface area contributed by atoms with Crippen molar-refractivity contribution < 1.29 is 9.53 Å². The molecule has 2 aromatic rings. The fourth-order valence-electron chi connectivity index (χ4n) is 2.32. The lowest BCUT2D eigenvalue weighted by Crippen LogP contribution is -2.24. The van der Waals surface area contributed by atoms with Gasteiger partial charge in [-0.2, -0.15) is 5.26 Å². The Balaban J connectivity index is 2.13. The maximum absolute atomic E-state index is 12.1. The number of rotatable bonds is 6. The second-order valence-corrected chi connectivity index (χ2v) is 6.99. The van der Waals surface area contributed by atoms with Crippen LogP contribution in [0, 0.1) is 17.2 Å². The fraction of sp³-hybridized carbons (Fsp3) is 0.300. The predicted octanol–water partition coefficient (Wildman–Crippen LogP) is 4.80. The topological polar surface area (TPSA) is 50.1 Å². The zero-order valence-electron chi connectivity index (χ0n) is 13.8. The first-order chi connectivity index (χ1) is 11.5. The lowest BCUT2D eigenvalue weighted by Gasteiger charge is -2.17. The second-order valence-electron chi connectivity index (χ2n) is 6.00. The van der Waals surface area contributed by atoms with Gasteiger partial charge in [-0.3, -0.25) is 4.79 Å². The molecule has 124 valence electrons. The summed E-state index contributed by atoms with van der Waals surface area (Å²) in [6, 6.07) is 19.8. The Morgan fingerprint density at radius 3 is 2.42 bits per heavy atom. The van der Waals surface area contributed by atoms with Crippen molar-refractivity contribution in [1.29, 1.82) is 5.26 Å². The second kappa shape index (κ2) is 8.65. The van der Waals surface area contributed by atoms with Gasteiger partial charge < -0.3 is 4.74 Å². The molecule has 24 heavy (non-hydrogen) atoms. The minimum atomic E-state index is -0.896. The Morgan fingerprint density at radius 1 is 1.12 bits per heavy atom. The van der Waals surface area contributed by atoms with Crippen LogP contribution < -0.4 is 0 Å². The van der Waals surface area contributed by atoms with Gasteiger partial charge in [0.1, 0.15) is 10.9 Å². The summed E-state index contributed by atoms with van der Waals surface area (Å²) in [5, 5.41) is 9.39. The molecule has 0 saturated carbocycles. The summed E-state index contributed by atoms with van der Waals surface area (Å²) < 4.78 is 5.37. The Hall–Kier alpha value is -2.12. The Labute approximate surface area is 151 Å². The highest BCUT2D eigenvalue weighted by atomic mass is 79.9. The van der Waals surface area contributed by atoms with Crippen LogP contribution in [0.25, 0.3) is 0 Å². The number of halogens is 1. The molecule has 2 unspecified atom stereocenters. The smallest absolute Gasteiger partial charge is 0.321 e. The van der Waals surface area contributed by atoms with Crippen molar-refractivity contribution in [3.63, 3.8) is 0 Å². The van der Waals surface area contributed by atoms with Crippen molar-refractivity contribution in [3.05, 3.63) is 71.3 Å². The van der Waals surface area contributed by atoms with E-state index in [4.69, 9.17) is 4.74 Å². The maximum atomic E-state index is 12.1. The van der Waals surface area contributed by atoms with E-state index < -0.39 is 16.9 Å². The third-order valence-electron chi connectivity index (χ3n) is 3.67. The summed E-state index contributed by atoms with van der Waals surface area (Å²) in [5.41, 5.74) is 2.97. The molecule has 3 nitrogen and oxygen atoms in total. The molecule has 0 saturated heterocycles. The number of carbonyl (C=O) groups is 1. The van der Waals surface area contributed by atoms with Gasteiger partial charge >= 0.3 is 5.97 Å². The zero-order chi connectivity index (χ0) is 17.5. The summed E-state index contributed by atoms with van der Waals surface area (Å²) in [6.45, 7) is 3.84. The number of ether oxygens (including phenoxy) is 1. The number of alkyl halides is 1. The molecule has 0 N–H and O–H groups in total. The summed E-state index contributed by atoms with van der Waals surface area (Å²) in [4.78, 5) is 11.7. The summed E-state index contributed by atoms with van der Waals surface area (Å²) >= 11 is 3.31. The van der Waals surface area contributed by atoms with Crippen LogP contribution in [0.1, 0.15) is 36.6 Å².